The highest BCUT2D eigenvalue weighted by Crippen LogP contribution is 2.27. The summed E-state index contributed by atoms with van der Waals surface area (Å²) < 4.78 is 7.69. The van der Waals surface area contributed by atoms with E-state index in [0.29, 0.717) is 18.1 Å². The van der Waals surface area contributed by atoms with E-state index in [-0.39, 0.29) is 5.78 Å². The third-order valence-electron chi connectivity index (χ3n) is 3.83. The van der Waals surface area contributed by atoms with Crippen molar-refractivity contribution in [2.45, 2.75) is 39.8 Å². The second kappa shape index (κ2) is 5.53. The number of Topliss-reactive ketones (excluding diaryl/α,β-unsaturated/α-hetero) is 1. The molecule has 1 aliphatic carbocycles. The Balaban J connectivity index is 1.78. The van der Waals surface area contributed by atoms with E-state index in [1.807, 2.05) is 36.7 Å². The van der Waals surface area contributed by atoms with E-state index in [0.717, 1.165) is 41.2 Å². The first-order valence-electron chi connectivity index (χ1n) is 7.11. The molecule has 1 aromatic carbocycles. The van der Waals surface area contributed by atoms with Gasteiger partial charge in [0, 0.05) is 18.5 Å². The summed E-state index contributed by atoms with van der Waals surface area (Å²) in [6.07, 6.45) is 1.41. The molecule has 0 saturated carbocycles. The SMILES string of the molecule is CCn1nc(C)c(Cl)c1COc1ccc2c(c1)CCC2=O. The maximum absolute atomic E-state index is 11.6. The number of ketones is 1. The van der Waals surface area contributed by atoms with Gasteiger partial charge in [-0.1, -0.05) is 11.6 Å². The third-order valence-corrected chi connectivity index (χ3v) is 4.32. The summed E-state index contributed by atoms with van der Waals surface area (Å²) in [4.78, 5) is 11.6. The van der Waals surface area contributed by atoms with Gasteiger partial charge in [0.1, 0.15) is 12.4 Å². The van der Waals surface area contributed by atoms with Crippen LogP contribution in [0.25, 0.3) is 0 Å². The van der Waals surface area contributed by atoms with Crippen LogP contribution < -0.4 is 4.74 Å². The molecule has 0 aliphatic heterocycles. The summed E-state index contributed by atoms with van der Waals surface area (Å²) in [6.45, 7) is 5.04. The zero-order valence-electron chi connectivity index (χ0n) is 12.1. The molecule has 1 aliphatic rings. The number of ether oxygens (including phenoxy) is 1. The molecule has 2 aromatic rings. The Kier molecular flexibility index (Phi) is 3.72. The molecule has 0 amide bonds. The van der Waals surface area contributed by atoms with E-state index in [1.54, 1.807) is 0 Å². The molecule has 1 heterocycles. The van der Waals surface area contributed by atoms with E-state index in [4.69, 9.17) is 16.3 Å². The maximum atomic E-state index is 11.6. The Morgan fingerprint density at radius 3 is 2.95 bits per heavy atom. The summed E-state index contributed by atoms with van der Waals surface area (Å²) in [5.74, 6) is 0.986. The smallest absolute Gasteiger partial charge is 0.163 e. The average molecular weight is 305 g/mol. The zero-order chi connectivity index (χ0) is 15.0. The van der Waals surface area contributed by atoms with Crippen molar-refractivity contribution in [1.29, 1.82) is 0 Å². The van der Waals surface area contributed by atoms with Crippen LogP contribution in [0.2, 0.25) is 5.02 Å². The fourth-order valence-corrected chi connectivity index (χ4v) is 2.87. The molecule has 0 saturated heterocycles. The molecular weight excluding hydrogens is 288 g/mol. The van der Waals surface area contributed by atoms with Gasteiger partial charge in [-0.15, -0.1) is 0 Å². The molecule has 1 aromatic heterocycles. The van der Waals surface area contributed by atoms with Crippen molar-refractivity contribution in [3.05, 3.63) is 45.7 Å². The van der Waals surface area contributed by atoms with Crippen molar-refractivity contribution in [2.75, 3.05) is 0 Å². The van der Waals surface area contributed by atoms with Crippen LogP contribution >= 0.6 is 11.6 Å². The third kappa shape index (κ3) is 2.56. The lowest BCUT2D eigenvalue weighted by Gasteiger charge is -2.09. The van der Waals surface area contributed by atoms with Gasteiger partial charge < -0.3 is 4.74 Å². The van der Waals surface area contributed by atoms with Crippen LogP contribution in [0.3, 0.4) is 0 Å². The Labute approximate surface area is 128 Å². The van der Waals surface area contributed by atoms with Gasteiger partial charge in [0.05, 0.1) is 16.4 Å². The van der Waals surface area contributed by atoms with Crippen LogP contribution in [0.1, 0.15) is 40.7 Å². The van der Waals surface area contributed by atoms with Crippen molar-refractivity contribution in [3.8, 4) is 5.75 Å². The Morgan fingerprint density at radius 2 is 2.19 bits per heavy atom. The number of rotatable bonds is 4. The van der Waals surface area contributed by atoms with Crippen LogP contribution in [0, 0.1) is 6.92 Å². The second-order valence-corrected chi connectivity index (χ2v) is 5.57. The molecule has 0 bridgehead atoms. The Hall–Kier alpha value is -1.81. The number of carbonyl (C=O) groups is 1. The van der Waals surface area contributed by atoms with E-state index >= 15 is 0 Å². The molecule has 0 spiro atoms. The molecule has 0 radical (unpaired) electrons. The Bertz CT molecular complexity index is 707. The first-order valence-corrected chi connectivity index (χ1v) is 7.48. The lowest BCUT2D eigenvalue weighted by molar-refractivity contribution is 0.0994. The van der Waals surface area contributed by atoms with Crippen molar-refractivity contribution in [3.63, 3.8) is 0 Å². The molecule has 0 fully saturated rings. The van der Waals surface area contributed by atoms with Crippen LogP contribution in [0.5, 0.6) is 5.75 Å². The number of aryl methyl sites for hydroxylation is 3. The monoisotopic (exact) mass is 304 g/mol. The maximum Gasteiger partial charge on any atom is 0.163 e. The van der Waals surface area contributed by atoms with Gasteiger partial charge >= 0.3 is 0 Å². The lowest BCUT2D eigenvalue weighted by atomic mass is 10.1. The minimum Gasteiger partial charge on any atom is -0.487 e. The minimum absolute atomic E-state index is 0.222. The molecular formula is C16H17ClN2O2. The molecule has 0 unspecified atom stereocenters. The summed E-state index contributed by atoms with van der Waals surface area (Å²) in [5.41, 5.74) is 3.60. The molecule has 4 nitrogen and oxygen atoms in total. The Morgan fingerprint density at radius 1 is 1.38 bits per heavy atom. The summed E-state index contributed by atoms with van der Waals surface area (Å²) >= 11 is 6.26. The fraction of sp³-hybridized carbons (Fsp3) is 0.375. The molecule has 3 rings (SSSR count). The van der Waals surface area contributed by atoms with Crippen molar-refractivity contribution in [1.82, 2.24) is 9.78 Å². The predicted octanol–water partition coefficient (Wildman–Crippen LogP) is 3.57. The van der Waals surface area contributed by atoms with Gasteiger partial charge in [-0.05, 0) is 44.0 Å². The first kappa shape index (κ1) is 14.1. The molecule has 0 N–H and O–H groups in total. The number of hydrogen-bond acceptors (Lipinski definition) is 3. The van der Waals surface area contributed by atoms with E-state index in [9.17, 15) is 4.79 Å². The number of hydrogen-bond donors (Lipinski definition) is 0. The quantitative estimate of drug-likeness (QED) is 0.867. The standard InChI is InChI=1S/C16H17ClN2O2/c1-3-19-14(16(17)10(2)18-19)9-21-12-5-6-13-11(8-12)4-7-15(13)20/h5-6,8H,3-4,7,9H2,1-2H3. The van der Waals surface area contributed by atoms with Gasteiger partial charge in [-0.25, -0.2) is 0 Å². The largest absolute Gasteiger partial charge is 0.487 e. The van der Waals surface area contributed by atoms with Crippen LogP contribution in [-0.4, -0.2) is 15.6 Å². The zero-order valence-corrected chi connectivity index (χ0v) is 12.9. The fourth-order valence-electron chi connectivity index (χ4n) is 2.68. The first-order chi connectivity index (χ1) is 10.1. The van der Waals surface area contributed by atoms with E-state index in [2.05, 4.69) is 5.10 Å². The van der Waals surface area contributed by atoms with Crippen LogP contribution in [0.4, 0.5) is 0 Å². The number of nitrogens with zero attached hydrogens (tertiary/aromatic N) is 2. The van der Waals surface area contributed by atoms with Crippen molar-refractivity contribution in [2.24, 2.45) is 0 Å². The second-order valence-electron chi connectivity index (χ2n) is 5.19. The van der Waals surface area contributed by atoms with E-state index < -0.39 is 0 Å². The molecule has 0 atom stereocenters. The van der Waals surface area contributed by atoms with Crippen molar-refractivity contribution >= 4 is 17.4 Å². The number of halogens is 1. The minimum atomic E-state index is 0.222. The molecule has 21 heavy (non-hydrogen) atoms. The lowest BCUT2D eigenvalue weighted by Crippen LogP contribution is -2.06. The van der Waals surface area contributed by atoms with Gasteiger partial charge in [0.25, 0.3) is 0 Å². The summed E-state index contributed by atoms with van der Waals surface area (Å²) in [7, 11) is 0. The van der Waals surface area contributed by atoms with Gasteiger partial charge in [0.15, 0.2) is 5.78 Å². The number of carbonyl (C=O) groups excluding carboxylic acids is 1. The van der Waals surface area contributed by atoms with Gasteiger partial charge in [-0.3, -0.25) is 9.48 Å². The highest BCUT2D eigenvalue weighted by Gasteiger charge is 2.20. The van der Waals surface area contributed by atoms with Crippen LogP contribution in [-0.2, 0) is 19.6 Å². The van der Waals surface area contributed by atoms with Crippen molar-refractivity contribution < 1.29 is 9.53 Å². The number of aromatic nitrogens is 2. The normalized spacial score (nSPS) is 13.6. The van der Waals surface area contributed by atoms with E-state index in [1.165, 1.54) is 0 Å². The predicted molar refractivity (Wildman–Crippen MR) is 81.1 cm³/mol. The number of benzene rings is 1. The highest BCUT2D eigenvalue weighted by molar-refractivity contribution is 6.31. The van der Waals surface area contributed by atoms with Gasteiger partial charge in [-0.2, -0.15) is 5.10 Å². The number of fused-ring (bicyclic) bond motifs is 1. The topological polar surface area (TPSA) is 44.1 Å². The summed E-state index contributed by atoms with van der Waals surface area (Å²) in [6, 6.07) is 5.65. The molecule has 110 valence electrons. The summed E-state index contributed by atoms with van der Waals surface area (Å²) in [5, 5.41) is 5.03. The van der Waals surface area contributed by atoms with Crippen LogP contribution in [0.15, 0.2) is 18.2 Å². The van der Waals surface area contributed by atoms with Gasteiger partial charge in [0.2, 0.25) is 0 Å². The molecule has 5 heteroatoms. The average Bonchev–Trinajstić information content (AvgIpc) is 2.98. The highest BCUT2D eigenvalue weighted by atomic mass is 35.5.